The van der Waals surface area contributed by atoms with E-state index in [9.17, 15) is 29.1 Å². The van der Waals surface area contributed by atoms with Gasteiger partial charge in [0.25, 0.3) is 11.8 Å². The van der Waals surface area contributed by atoms with E-state index in [-0.39, 0.29) is 21.4 Å². The molecule has 3 amide bonds. The summed E-state index contributed by atoms with van der Waals surface area (Å²) in [4.78, 5) is 36.5. The highest BCUT2D eigenvalue weighted by molar-refractivity contribution is 6.06. The smallest absolute Gasteiger partial charge is 0.306 e. The molecule has 1 saturated heterocycles. The van der Waals surface area contributed by atoms with Crippen LogP contribution in [0.15, 0.2) is 12.1 Å². The molecule has 0 bridgehead atoms. The van der Waals surface area contributed by atoms with Crippen molar-refractivity contribution >= 4 is 23.4 Å². The van der Waals surface area contributed by atoms with Crippen molar-refractivity contribution in [1.82, 2.24) is 9.96 Å². The molecule has 1 unspecified atom stereocenters. The van der Waals surface area contributed by atoms with Gasteiger partial charge in [-0.3, -0.25) is 34.9 Å². The van der Waals surface area contributed by atoms with E-state index >= 15 is 0 Å². The van der Waals surface area contributed by atoms with Gasteiger partial charge >= 0.3 is 5.91 Å². The number of carbonyl (C=O) groups is 3. The molecule has 1 atom stereocenters. The number of hydroxylamine groups is 2. The number of imide groups is 1. The lowest BCUT2D eigenvalue weighted by Gasteiger charge is -2.39. The van der Waals surface area contributed by atoms with Gasteiger partial charge in [0.05, 0.1) is 6.54 Å². The molecular formula is C13H12FN3O7. The van der Waals surface area contributed by atoms with Crippen LogP contribution in [0.25, 0.3) is 0 Å². The zero-order valence-corrected chi connectivity index (χ0v) is 12.0. The molecule has 2 heterocycles. The van der Waals surface area contributed by atoms with E-state index in [0.29, 0.717) is 4.90 Å². The van der Waals surface area contributed by atoms with Crippen LogP contribution in [0, 0.1) is 5.82 Å². The second-order valence-electron chi connectivity index (χ2n) is 5.46. The van der Waals surface area contributed by atoms with E-state index in [2.05, 4.69) is 0 Å². The third-order valence-corrected chi connectivity index (χ3v) is 4.10. The first-order valence-electron chi connectivity index (χ1n) is 6.77. The quantitative estimate of drug-likeness (QED) is 0.323. The van der Waals surface area contributed by atoms with Crippen LogP contribution in [0.4, 0.5) is 10.1 Å². The molecule has 11 heteroatoms. The Balaban J connectivity index is 2.04. The molecule has 24 heavy (non-hydrogen) atoms. The molecule has 0 aromatic heterocycles. The minimum atomic E-state index is -2.51. The lowest BCUT2D eigenvalue weighted by Crippen LogP contribution is -2.63. The van der Waals surface area contributed by atoms with Crippen LogP contribution in [0.1, 0.15) is 28.8 Å². The molecule has 128 valence electrons. The Kier molecular flexibility index (Phi) is 3.53. The fourth-order valence-electron chi connectivity index (χ4n) is 2.86. The molecular weight excluding hydrogens is 329 g/mol. The molecule has 4 N–H and O–H groups in total. The van der Waals surface area contributed by atoms with Gasteiger partial charge in [-0.05, 0) is 6.07 Å². The van der Waals surface area contributed by atoms with Gasteiger partial charge in [0, 0.05) is 30.0 Å². The number of amides is 3. The topological polar surface area (TPSA) is 142 Å². The number of fused-ring (bicyclic) bond motifs is 1. The van der Waals surface area contributed by atoms with Crippen molar-refractivity contribution in [2.24, 2.45) is 0 Å². The Hall–Kier alpha value is -2.60. The monoisotopic (exact) mass is 341 g/mol. The summed E-state index contributed by atoms with van der Waals surface area (Å²) in [5.41, 5.74) is -3.26. The summed E-state index contributed by atoms with van der Waals surface area (Å²) in [7, 11) is 0. The molecule has 1 aromatic carbocycles. The van der Waals surface area contributed by atoms with Crippen molar-refractivity contribution in [3.05, 3.63) is 29.1 Å². The van der Waals surface area contributed by atoms with Crippen molar-refractivity contribution < 1.29 is 39.5 Å². The summed E-state index contributed by atoms with van der Waals surface area (Å²) < 4.78 is 13.6. The van der Waals surface area contributed by atoms with E-state index in [1.807, 2.05) is 0 Å². The average molecular weight is 341 g/mol. The summed E-state index contributed by atoms with van der Waals surface area (Å²) in [5, 5.41) is 37.6. The molecule has 1 fully saturated rings. The second-order valence-corrected chi connectivity index (χ2v) is 5.46. The highest BCUT2D eigenvalue weighted by Crippen LogP contribution is 2.38. The first kappa shape index (κ1) is 16.3. The summed E-state index contributed by atoms with van der Waals surface area (Å²) in [6, 6.07) is 1.58. The molecule has 10 nitrogen and oxygen atoms in total. The first-order valence-corrected chi connectivity index (χ1v) is 6.77. The molecule has 1 aromatic rings. The fraction of sp³-hybridized carbons (Fsp3) is 0.308. The van der Waals surface area contributed by atoms with Crippen LogP contribution in [-0.2, 0) is 16.1 Å². The van der Waals surface area contributed by atoms with Crippen LogP contribution >= 0.6 is 0 Å². The van der Waals surface area contributed by atoms with Gasteiger partial charge < -0.3 is 5.11 Å². The standard InChI is InChI=1S/C13H12FN3O7/c14-6-3-7-8(9(4-6)17(23)24)5-15(11(7)19)13(21)2-1-10(18)16(22)12(13)20/h3-4,21-24H,1-2,5H2. The minimum Gasteiger partial charge on any atom is -0.363 e. The zero-order valence-electron chi connectivity index (χ0n) is 12.0. The van der Waals surface area contributed by atoms with Crippen LogP contribution in [0.5, 0.6) is 0 Å². The van der Waals surface area contributed by atoms with Crippen molar-refractivity contribution in [3.8, 4) is 0 Å². The van der Waals surface area contributed by atoms with Gasteiger partial charge in [-0.1, -0.05) is 0 Å². The van der Waals surface area contributed by atoms with Gasteiger partial charge in [0.1, 0.15) is 11.5 Å². The maximum Gasteiger partial charge on any atom is 0.306 e. The number of aliphatic hydroxyl groups is 1. The summed E-state index contributed by atoms with van der Waals surface area (Å²) >= 11 is 0. The molecule has 2 aliphatic rings. The maximum atomic E-state index is 13.6. The Morgan fingerprint density at radius 3 is 2.50 bits per heavy atom. The van der Waals surface area contributed by atoms with Gasteiger partial charge in [0.2, 0.25) is 5.72 Å². The largest absolute Gasteiger partial charge is 0.363 e. The average Bonchev–Trinajstić information content (AvgIpc) is 2.86. The number of nitrogens with zero attached hydrogens (tertiary/aromatic N) is 3. The zero-order chi connectivity index (χ0) is 17.8. The van der Waals surface area contributed by atoms with Gasteiger partial charge in [-0.2, -0.15) is 5.06 Å². The van der Waals surface area contributed by atoms with Crippen LogP contribution < -0.4 is 5.23 Å². The summed E-state index contributed by atoms with van der Waals surface area (Å²) in [6.07, 6.45) is -0.854. The number of hydrogen-bond acceptors (Lipinski definition) is 8. The molecule has 0 radical (unpaired) electrons. The highest BCUT2D eigenvalue weighted by atomic mass is 19.1. The van der Waals surface area contributed by atoms with Crippen molar-refractivity contribution in [2.45, 2.75) is 25.1 Å². The Bertz CT molecular complexity index is 768. The normalized spacial score (nSPS) is 23.8. The van der Waals surface area contributed by atoms with Gasteiger partial charge in [-0.25, -0.2) is 4.39 Å². The lowest BCUT2D eigenvalue weighted by atomic mass is 9.99. The predicted molar refractivity (Wildman–Crippen MR) is 70.1 cm³/mol. The van der Waals surface area contributed by atoms with E-state index in [1.54, 1.807) is 0 Å². The number of anilines is 1. The number of carbonyl (C=O) groups excluding carboxylic acids is 3. The van der Waals surface area contributed by atoms with Crippen molar-refractivity contribution in [3.63, 3.8) is 0 Å². The van der Waals surface area contributed by atoms with Gasteiger partial charge in [-0.15, -0.1) is 5.23 Å². The fourth-order valence-corrected chi connectivity index (χ4v) is 2.86. The summed E-state index contributed by atoms with van der Waals surface area (Å²) in [5.74, 6) is -4.23. The Morgan fingerprint density at radius 1 is 1.21 bits per heavy atom. The number of hydrogen-bond donors (Lipinski definition) is 4. The van der Waals surface area contributed by atoms with E-state index in [4.69, 9.17) is 10.4 Å². The lowest BCUT2D eigenvalue weighted by molar-refractivity contribution is -0.215. The SMILES string of the molecule is O=C1CCC(O)(N2Cc3c(cc(F)cc3N(O)O)C2=O)C(=O)N1O. The molecule has 0 spiro atoms. The number of rotatable bonds is 2. The number of halogens is 1. The Morgan fingerprint density at radius 2 is 1.88 bits per heavy atom. The number of piperidine rings is 1. The predicted octanol–water partition coefficient (Wildman–Crippen LogP) is -0.407. The second kappa shape index (κ2) is 5.21. The number of benzene rings is 1. The van der Waals surface area contributed by atoms with Gasteiger partial charge in [0.15, 0.2) is 0 Å². The minimum absolute atomic E-state index is 0.0333. The molecule has 0 saturated carbocycles. The van der Waals surface area contributed by atoms with Crippen LogP contribution in [0.3, 0.4) is 0 Å². The van der Waals surface area contributed by atoms with Crippen molar-refractivity contribution in [1.29, 1.82) is 0 Å². The molecule has 2 aliphatic heterocycles. The summed E-state index contributed by atoms with van der Waals surface area (Å²) in [6.45, 7) is -0.453. The van der Waals surface area contributed by atoms with Crippen LogP contribution in [-0.4, -0.2) is 54.1 Å². The first-order chi connectivity index (χ1) is 11.2. The van der Waals surface area contributed by atoms with Crippen molar-refractivity contribution in [2.75, 3.05) is 5.23 Å². The molecule has 0 aliphatic carbocycles. The van der Waals surface area contributed by atoms with E-state index in [0.717, 1.165) is 12.1 Å². The van der Waals surface area contributed by atoms with E-state index < -0.39 is 54.3 Å². The highest BCUT2D eigenvalue weighted by Gasteiger charge is 2.54. The van der Waals surface area contributed by atoms with E-state index in [1.165, 1.54) is 0 Å². The maximum absolute atomic E-state index is 13.6. The third-order valence-electron chi connectivity index (χ3n) is 4.10. The van der Waals surface area contributed by atoms with Crippen LogP contribution in [0.2, 0.25) is 0 Å². The molecule has 3 rings (SSSR count). The Labute approximate surface area is 133 Å². The third kappa shape index (κ3) is 2.14.